The van der Waals surface area contributed by atoms with Gasteiger partial charge in [-0.2, -0.15) is 0 Å². The van der Waals surface area contributed by atoms with Gasteiger partial charge >= 0.3 is 0 Å². The van der Waals surface area contributed by atoms with Gasteiger partial charge in [0.2, 0.25) is 5.91 Å². The molecule has 0 saturated carbocycles. The van der Waals surface area contributed by atoms with Crippen molar-refractivity contribution in [1.82, 2.24) is 15.4 Å². The second-order valence-electron chi connectivity index (χ2n) is 4.71. The molecule has 1 atom stereocenters. The first-order valence-corrected chi connectivity index (χ1v) is 6.33. The zero-order valence-electron chi connectivity index (χ0n) is 11.3. The quantitative estimate of drug-likeness (QED) is 0.866. The number of aromatic nitrogens is 1. The lowest BCUT2D eigenvalue weighted by atomic mass is 10.2. The molecule has 2 heterocycles. The highest BCUT2D eigenvalue weighted by atomic mass is 35.5. The molecule has 19 heavy (non-hydrogen) atoms. The molecule has 2 N–H and O–H groups in total. The lowest BCUT2D eigenvalue weighted by Crippen LogP contribution is -2.50. The van der Waals surface area contributed by atoms with Gasteiger partial charge in [-0.1, -0.05) is 5.16 Å². The molecule has 1 aliphatic heterocycles. The van der Waals surface area contributed by atoms with Gasteiger partial charge in [0.05, 0.1) is 0 Å². The predicted molar refractivity (Wildman–Crippen MR) is 75.6 cm³/mol. The molecule has 1 fully saturated rings. The van der Waals surface area contributed by atoms with E-state index in [0.717, 1.165) is 26.2 Å². The van der Waals surface area contributed by atoms with Crippen LogP contribution in [0, 0.1) is 6.92 Å². The topological polar surface area (TPSA) is 70.4 Å². The van der Waals surface area contributed by atoms with Crippen LogP contribution in [0.15, 0.2) is 10.6 Å². The van der Waals surface area contributed by atoms with Crippen molar-refractivity contribution < 1.29 is 9.32 Å². The Morgan fingerprint density at radius 1 is 1.68 bits per heavy atom. The van der Waals surface area contributed by atoms with Crippen LogP contribution in [0.2, 0.25) is 0 Å². The van der Waals surface area contributed by atoms with Crippen LogP contribution in [-0.4, -0.2) is 48.2 Å². The second kappa shape index (κ2) is 7.47. The monoisotopic (exact) mass is 288 g/mol. The van der Waals surface area contributed by atoms with Crippen molar-refractivity contribution in [3.63, 3.8) is 0 Å². The first-order valence-electron chi connectivity index (χ1n) is 6.33. The number of hydrogen-bond donors (Lipinski definition) is 2. The fourth-order valence-corrected chi connectivity index (χ4v) is 2.09. The summed E-state index contributed by atoms with van der Waals surface area (Å²) in [6.07, 6.45) is 0.482. The van der Waals surface area contributed by atoms with E-state index in [1.165, 1.54) is 0 Å². The van der Waals surface area contributed by atoms with Crippen LogP contribution in [0.5, 0.6) is 0 Å². The molecule has 0 spiro atoms. The van der Waals surface area contributed by atoms with Gasteiger partial charge in [-0.05, 0) is 13.8 Å². The molecule has 0 bridgehead atoms. The minimum Gasteiger partial charge on any atom is -0.360 e. The van der Waals surface area contributed by atoms with Crippen molar-refractivity contribution in [3.8, 4) is 0 Å². The molecule has 1 unspecified atom stereocenters. The van der Waals surface area contributed by atoms with Gasteiger partial charge in [0.15, 0.2) is 5.82 Å². The average Bonchev–Trinajstić information content (AvgIpc) is 2.74. The number of aryl methyl sites for hydroxylation is 1. The maximum absolute atomic E-state index is 11.7. The van der Waals surface area contributed by atoms with Crippen LogP contribution < -0.4 is 10.6 Å². The van der Waals surface area contributed by atoms with E-state index in [1.807, 2.05) is 0 Å². The Hall–Kier alpha value is -1.11. The largest absolute Gasteiger partial charge is 0.360 e. The molecule has 0 aromatic carbocycles. The van der Waals surface area contributed by atoms with E-state index in [2.05, 4.69) is 27.6 Å². The zero-order chi connectivity index (χ0) is 13.0. The van der Waals surface area contributed by atoms with Gasteiger partial charge in [-0.25, -0.2) is 0 Å². The van der Waals surface area contributed by atoms with E-state index in [1.54, 1.807) is 13.0 Å². The third kappa shape index (κ3) is 4.81. The second-order valence-corrected chi connectivity index (χ2v) is 4.71. The summed E-state index contributed by atoms with van der Waals surface area (Å²) in [5.41, 5.74) is 0. The van der Waals surface area contributed by atoms with Crippen LogP contribution in [0.3, 0.4) is 0 Å². The number of halogens is 1. The molecule has 1 saturated heterocycles. The summed E-state index contributed by atoms with van der Waals surface area (Å²) in [4.78, 5) is 14.1. The summed E-state index contributed by atoms with van der Waals surface area (Å²) < 4.78 is 4.89. The SMILES string of the molecule is Cc1cc(NC(=O)CCN2CCNCC2C)no1.Cl. The highest BCUT2D eigenvalue weighted by Crippen LogP contribution is 2.08. The lowest BCUT2D eigenvalue weighted by molar-refractivity contribution is -0.116. The van der Waals surface area contributed by atoms with Crippen LogP contribution in [0.25, 0.3) is 0 Å². The van der Waals surface area contributed by atoms with E-state index in [0.29, 0.717) is 24.0 Å². The average molecular weight is 289 g/mol. The van der Waals surface area contributed by atoms with Gasteiger partial charge in [-0.15, -0.1) is 12.4 Å². The first kappa shape index (κ1) is 15.9. The molecule has 6 nitrogen and oxygen atoms in total. The Balaban J connectivity index is 0.00000180. The minimum atomic E-state index is -0.0194. The summed E-state index contributed by atoms with van der Waals surface area (Å²) >= 11 is 0. The summed E-state index contributed by atoms with van der Waals surface area (Å²) in [6, 6.07) is 2.20. The van der Waals surface area contributed by atoms with Crippen molar-refractivity contribution >= 4 is 24.1 Å². The molecule has 108 valence electrons. The molecule has 0 radical (unpaired) electrons. The van der Waals surface area contributed by atoms with E-state index in [4.69, 9.17) is 4.52 Å². The molecule has 0 aliphatic carbocycles. The number of amides is 1. The number of hydrogen-bond acceptors (Lipinski definition) is 5. The summed E-state index contributed by atoms with van der Waals surface area (Å²) in [7, 11) is 0. The van der Waals surface area contributed by atoms with Crippen molar-refractivity contribution in [3.05, 3.63) is 11.8 Å². The van der Waals surface area contributed by atoms with Crippen LogP contribution in [-0.2, 0) is 4.79 Å². The molecular weight excluding hydrogens is 268 g/mol. The van der Waals surface area contributed by atoms with Crippen molar-refractivity contribution in [1.29, 1.82) is 0 Å². The highest BCUT2D eigenvalue weighted by molar-refractivity contribution is 5.89. The molecule has 2 rings (SSSR count). The Morgan fingerprint density at radius 3 is 3.11 bits per heavy atom. The van der Waals surface area contributed by atoms with Gasteiger partial charge in [0.1, 0.15) is 5.76 Å². The number of nitrogens with one attached hydrogen (secondary N) is 2. The predicted octanol–water partition coefficient (Wildman–Crippen LogP) is 1.03. The molecule has 1 aliphatic rings. The summed E-state index contributed by atoms with van der Waals surface area (Å²) in [6.45, 7) is 7.73. The molecule has 1 aromatic rings. The van der Waals surface area contributed by atoms with E-state index < -0.39 is 0 Å². The normalized spacial score (nSPS) is 19.8. The van der Waals surface area contributed by atoms with Crippen LogP contribution in [0.1, 0.15) is 19.1 Å². The van der Waals surface area contributed by atoms with Gasteiger partial charge < -0.3 is 15.2 Å². The number of carbonyl (C=O) groups is 1. The highest BCUT2D eigenvalue weighted by Gasteiger charge is 2.18. The minimum absolute atomic E-state index is 0. The Morgan fingerprint density at radius 2 is 2.47 bits per heavy atom. The Labute approximate surface area is 119 Å². The molecular formula is C12H21ClN4O2. The van der Waals surface area contributed by atoms with Crippen molar-refractivity contribution in [2.24, 2.45) is 0 Å². The van der Waals surface area contributed by atoms with E-state index in [-0.39, 0.29) is 18.3 Å². The third-order valence-electron chi connectivity index (χ3n) is 3.16. The molecule has 1 amide bonds. The van der Waals surface area contributed by atoms with Crippen LogP contribution in [0.4, 0.5) is 5.82 Å². The zero-order valence-corrected chi connectivity index (χ0v) is 12.1. The molecule has 1 aromatic heterocycles. The maximum atomic E-state index is 11.7. The number of piperazine rings is 1. The van der Waals surface area contributed by atoms with Gasteiger partial charge in [-0.3, -0.25) is 9.69 Å². The van der Waals surface area contributed by atoms with E-state index >= 15 is 0 Å². The fraction of sp³-hybridized carbons (Fsp3) is 0.667. The Kier molecular flexibility index (Phi) is 6.27. The fourth-order valence-electron chi connectivity index (χ4n) is 2.09. The smallest absolute Gasteiger partial charge is 0.226 e. The molecule has 7 heteroatoms. The number of anilines is 1. The van der Waals surface area contributed by atoms with Gasteiger partial charge in [0, 0.05) is 44.7 Å². The number of nitrogens with zero attached hydrogens (tertiary/aromatic N) is 2. The maximum Gasteiger partial charge on any atom is 0.226 e. The van der Waals surface area contributed by atoms with Crippen molar-refractivity contribution in [2.45, 2.75) is 26.3 Å². The van der Waals surface area contributed by atoms with Gasteiger partial charge in [0.25, 0.3) is 0 Å². The number of carbonyl (C=O) groups excluding carboxylic acids is 1. The standard InChI is InChI=1S/C12H20N4O2.ClH/c1-9-8-13-4-6-16(9)5-3-12(17)14-11-7-10(2)18-15-11;/h7,9,13H,3-6,8H2,1-2H3,(H,14,15,17);1H. The van der Waals surface area contributed by atoms with Crippen LogP contribution >= 0.6 is 12.4 Å². The summed E-state index contributed by atoms with van der Waals surface area (Å²) in [5, 5.41) is 9.80. The summed E-state index contributed by atoms with van der Waals surface area (Å²) in [5.74, 6) is 1.17. The number of rotatable bonds is 4. The van der Waals surface area contributed by atoms with E-state index in [9.17, 15) is 4.79 Å². The Bertz CT molecular complexity index is 410. The lowest BCUT2D eigenvalue weighted by Gasteiger charge is -2.33. The first-order chi connectivity index (χ1) is 8.65. The van der Waals surface area contributed by atoms with Crippen molar-refractivity contribution in [2.75, 3.05) is 31.5 Å². The third-order valence-corrected chi connectivity index (χ3v) is 3.16.